The molecule has 0 atom stereocenters. The van der Waals surface area contributed by atoms with Gasteiger partial charge in [0.15, 0.2) is 0 Å². The van der Waals surface area contributed by atoms with Crippen LogP contribution >= 0.6 is 0 Å². The first-order valence-corrected chi connectivity index (χ1v) is 4.87. The predicted molar refractivity (Wildman–Crippen MR) is 60.5 cm³/mol. The van der Waals surface area contributed by atoms with E-state index in [1.165, 1.54) is 6.26 Å². The maximum absolute atomic E-state index is 5.72. The lowest BCUT2D eigenvalue weighted by molar-refractivity contribution is 0.423. The summed E-state index contributed by atoms with van der Waals surface area (Å²) in [6, 6.07) is 5.90. The van der Waals surface area contributed by atoms with Crippen LogP contribution in [0.2, 0.25) is 0 Å². The van der Waals surface area contributed by atoms with E-state index in [9.17, 15) is 0 Å². The Balaban J connectivity index is 2.03. The number of H-pyrrole nitrogens is 2. The third-order valence-electron chi connectivity index (χ3n) is 2.44. The number of nitrogens with zero attached hydrogens (tertiary/aromatic N) is 1. The number of nitrogens with two attached hydrogens (primary N) is 1. The molecule has 0 saturated heterocycles. The molecular formula is C11H10N4O. The van der Waals surface area contributed by atoms with Crippen molar-refractivity contribution in [3.05, 3.63) is 36.9 Å². The Labute approximate surface area is 91.3 Å². The molecule has 5 nitrogen and oxygen atoms in total. The van der Waals surface area contributed by atoms with Crippen LogP contribution < -0.4 is 5.73 Å². The van der Waals surface area contributed by atoms with E-state index in [4.69, 9.17) is 10.3 Å². The fourth-order valence-electron chi connectivity index (χ4n) is 1.65. The zero-order valence-corrected chi connectivity index (χ0v) is 8.40. The van der Waals surface area contributed by atoms with Crippen LogP contribution in [0.25, 0.3) is 22.6 Å². The largest absolute Gasteiger partial charge is 0.394 e. The summed E-state index contributed by atoms with van der Waals surface area (Å²) in [4.78, 5) is 6.28. The van der Waals surface area contributed by atoms with Crippen molar-refractivity contribution >= 4 is 5.69 Å². The maximum atomic E-state index is 5.72. The van der Waals surface area contributed by atoms with Crippen molar-refractivity contribution in [3.63, 3.8) is 0 Å². The molecule has 0 spiro atoms. The van der Waals surface area contributed by atoms with Crippen molar-refractivity contribution in [2.75, 3.05) is 5.73 Å². The average Bonchev–Trinajstić information content (AvgIpc) is 2.96. The van der Waals surface area contributed by atoms with Gasteiger partial charge in [-0.2, -0.15) is 0 Å². The summed E-state index contributed by atoms with van der Waals surface area (Å²) in [5.74, 6) is 0. The summed E-state index contributed by atoms with van der Waals surface area (Å²) < 4.78 is 4.80. The standard InChI is InChI=1S/C11H10N4O/c12-8-6-16-15-11(8)7-4-10(14-5-7)9-2-1-3-13-9/h1-6,13-14H,12H2. The zero-order chi connectivity index (χ0) is 11.0. The van der Waals surface area contributed by atoms with Gasteiger partial charge in [0.2, 0.25) is 0 Å². The highest BCUT2D eigenvalue weighted by atomic mass is 16.5. The Morgan fingerprint density at radius 1 is 1.25 bits per heavy atom. The van der Waals surface area contributed by atoms with Gasteiger partial charge in [-0.3, -0.25) is 0 Å². The molecule has 0 radical (unpaired) electrons. The first-order chi connectivity index (χ1) is 7.84. The summed E-state index contributed by atoms with van der Waals surface area (Å²) in [6.45, 7) is 0. The summed E-state index contributed by atoms with van der Waals surface area (Å²) in [7, 11) is 0. The molecule has 4 N–H and O–H groups in total. The summed E-state index contributed by atoms with van der Waals surface area (Å²) in [5.41, 5.74) is 9.85. The minimum Gasteiger partial charge on any atom is -0.394 e. The lowest BCUT2D eigenvalue weighted by Gasteiger charge is -1.91. The van der Waals surface area contributed by atoms with Gasteiger partial charge in [-0.25, -0.2) is 0 Å². The second kappa shape index (κ2) is 3.30. The van der Waals surface area contributed by atoms with E-state index in [1.807, 2.05) is 30.6 Å². The van der Waals surface area contributed by atoms with Gasteiger partial charge in [0, 0.05) is 18.0 Å². The molecule has 3 heterocycles. The van der Waals surface area contributed by atoms with Crippen LogP contribution in [0.4, 0.5) is 5.69 Å². The number of rotatable bonds is 2. The quantitative estimate of drug-likeness (QED) is 0.611. The lowest BCUT2D eigenvalue weighted by atomic mass is 10.2. The van der Waals surface area contributed by atoms with E-state index >= 15 is 0 Å². The third kappa shape index (κ3) is 1.30. The van der Waals surface area contributed by atoms with Crippen molar-refractivity contribution < 1.29 is 4.52 Å². The molecule has 3 rings (SSSR count). The summed E-state index contributed by atoms with van der Waals surface area (Å²) in [5, 5.41) is 3.85. The predicted octanol–water partition coefficient (Wildman–Crippen LogP) is 2.25. The molecule has 0 aliphatic carbocycles. The second-order valence-corrected chi connectivity index (χ2v) is 3.50. The van der Waals surface area contributed by atoms with E-state index in [0.29, 0.717) is 11.4 Å². The first-order valence-electron chi connectivity index (χ1n) is 4.87. The van der Waals surface area contributed by atoms with Gasteiger partial charge >= 0.3 is 0 Å². The molecule has 16 heavy (non-hydrogen) atoms. The van der Waals surface area contributed by atoms with Crippen LogP contribution in [-0.2, 0) is 0 Å². The van der Waals surface area contributed by atoms with Crippen LogP contribution in [0.1, 0.15) is 0 Å². The molecule has 3 aromatic rings. The van der Waals surface area contributed by atoms with Gasteiger partial charge in [0.05, 0.1) is 11.4 Å². The smallest absolute Gasteiger partial charge is 0.147 e. The number of aromatic amines is 2. The molecular weight excluding hydrogens is 204 g/mol. The Morgan fingerprint density at radius 2 is 2.19 bits per heavy atom. The van der Waals surface area contributed by atoms with E-state index in [2.05, 4.69) is 15.1 Å². The second-order valence-electron chi connectivity index (χ2n) is 3.50. The van der Waals surface area contributed by atoms with Gasteiger partial charge in [-0.05, 0) is 18.2 Å². The highest BCUT2D eigenvalue weighted by Gasteiger charge is 2.10. The molecule has 3 aromatic heterocycles. The molecule has 0 amide bonds. The molecule has 0 unspecified atom stereocenters. The Kier molecular flexibility index (Phi) is 1.83. The van der Waals surface area contributed by atoms with Crippen LogP contribution in [0.3, 0.4) is 0 Å². The van der Waals surface area contributed by atoms with Crippen LogP contribution in [0.15, 0.2) is 41.4 Å². The molecule has 0 bridgehead atoms. The van der Waals surface area contributed by atoms with Crippen LogP contribution in [-0.4, -0.2) is 15.1 Å². The van der Waals surface area contributed by atoms with Gasteiger partial charge in [-0.1, -0.05) is 5.16 Å². The molecule has 0 fully saturated rings. The molecule has 5 heteroatoms. The van der Waals surface area contributed by atoms with Gasteiger partial charge < -0.3 is 20.2 Å². The van der Waals surface area contributed by atoms with Crippen molar-refractivity contribution in [2.24, 2.45) is 0 Å². The fraction of sp³-hybridized carbons (Fsp3) is 0. The average molecular weight is 214 g/mol. The van der Waals surface area contributed by atoms with E-state index < -0.39 is 0 Å². The minimum atomic E-state index is 0.539. The lowest BCUT2D eigenvalue weighted by Crippen LogP contribution is -1.84. The topological polar surface area (TPSA) is 83.6 Å². The number of nitrogens with one attached hydrogen (secondary N) is 2. The molecule has 0 aromatic carbocycles. The number of hydrogen-bond acceptors (Lipinski definition) is 3. The van der Waals surface area contributed by atoms with Crippen molar-refractivity contribution in [1.29, 1.82) is 0 Å². The SMILES string of the molecule is Nc1conc1-c1c[nH]c(-c2ccc[nH]2)c1. The highest BCUT2D eigenvalue weighted by Crippen LogP contribution is 2.27. The van der Waals surface area contributed by atoms with Crippen LogP contribution in [0.5, 0.6) is 0 Å². The summed E-state index contributed by atoms with van der Waals surface area (Å²) >= 11 is 0. The molecule has 0 saturated carbocycles. The first kappa shape index (κ1) is 8.84. The van der Waals surface area contributed by atoms with Gasteiger partial charge in [0.25, 0.3) is 0 Å². The van der Waals surface area contributed by atoms with Gasteiger partial charge in [-0.15, -0.1) is 0 Å². The number of anilines is 1. The maximum Gasteiger partial charge on any atom is 0.147 e. The van der Waals surface area contributed by atoms with Crippen LogP contribution in [0, 0.1) is 0 Å². The normalized spacial score (nSPS) is 10.8. The molecule has 0 aliphatic rings. The zero-order valence-electron chi connectivity index (χ0n) is 8.40. The molecule has 80 valence electrons. The number of nitrogen functional groups attached to an aromatic ring is 1. The Morgan fingerprint density at radius 3 is 2.88 bits per heavy atom. The van der Waals surface area contributed by atoms with Gasteiger partial charge in [0.1, 0.15) is 17.6 Å². The minimum absolute atomic E-state index is 0.539. The number of aromatic nitrogens is 3. The van der Waals surface area contributed by atoms with E-state index in [-0.39, 0.29) is 0 Å². The Hall–Kier alpha value is -2.43. The number of hydrogen-bond donors (Lipinski definition) is 3. The van der Waals surface area contributed by atoms with E-state index in [0.717, 1.165) is 17.0 Å². The Bertz CT molecular complexity index is 591. The molecule has 0 aliphatic heterocycles. The van der Waals surface area contributed by atoms with Crippen molar-refractivity contribution in [2.45, 2.75) is 0 Å². The fourth-order valence-corrected chi connectivity index (χ4v) is 1.65. The highest BCUT2D eigenvalue weighted by molar-refractivity contribution is 5.74. The van der Waals surface area contributed by atoms with Crippen molar-refractivity contribution in [3.8, 4) is 22.6 Å². The van der Waals surface area contributed by atoms with Crippen molar-refractivity contribution in [1.82, 2.24) is 15.1 Å². The summed E-state index contributed by atoms with van der Waals surface area (Å²) in [6.07, 6.45) is 5.15. The van der Waals surface area contributed by atoms with E-state index in [1.54, 1.807) is 0 Å². The third-order valence-corrected chi connectivity index (χ3v) is 2.44. The monoisotopic (exact) mass is 214 g/mol.